The van der Waals surface area contributed by atoms with Crippen molar-refractivity contribution in [3.63, 3.8) is 0 Å². The summed E-state index contributed by atoms with van der Waals surface area (Å²) >= 11 is 0. The molecule has 0 bridgehead atoms. The van der Waals surface area contributed by atoms with Gasteiger partial charge in [0.2, 0.25) is 0 Å². The molecule has 0 atom stereocenters. The van der Waals surface area contributed by atoms with Crippen molar-refractivity contribution in [2.24, 2.45) is 0 Å². The number of aryl methyl sites for hydroxylation is 1. The zero-order valence-corrected chi connectivity index (χ0v) is 7.18. The molecule has 0 N–H and O–H groups in total. The predicted octanol–water partition coefficient (Wildman–Crippen LogP) is 1.38. The van der Waals surface area contributed by atoms with Crippen LogP contribution in [0.2, 0.25) is 0 Å². The van der Waals surface area contributed by atoms with Gasteiger partial charge in [-0.3, -0.25) is 0 Å². The van der Waals surface area contributed by atoms with E-state index in [2.05, 4.69) is 0 Å². The van der Waals surface area contributed by atoms with E-state index in [0.717, 1.165) is 6.07 Å². The standard InChI is InChI=1S/C9H7F3O2/c1-5-3-2-4-6(8(13)14)7(5)9(10,11)12/h2-4H,1H3,(H,13,14)/p-1. The molecular weight excluding hydrogens is 197 g/mol. The Bertz CT molecular complexity index is 369. The molecule has 1 rings (SSSR count). The van der Waals surface area contributed by atoms with Crippen LogP contribution in [0, 0.1) is 6.92 Å². The van der Waals surface area contributed by atoms with Gasteiger partial charge < -0.3 is 9.90 Å². The normalized spacial score (nSPS) is 11.4. The average Bonchev–Trinajstić information content (AvgIpc) is 2.01. The largest absolute Gasteiger partial charge is 0.545 e. The van der Waals surface area contributed by atoms with E-state index in [0.29, 0.717) is 0 Å². The minimum atomic E-state index is -4.67. The van der Waals surface area contributed by atoms with Crippen LogP contribution in [0.25, 0.3) is 0 Å². The fourth-order valence-corrected chi connectivity index (χ4v) is 1.21. The molecule has 5 heteroatoms. The maximum absolute atomic E-state index is 12.4. The van der Waals surface area contributed by atoms with Crippen molar-refractivity contribution in [3.8, 4) is 0 Å². The van der Waals surface area contributed by atoms with E-state index in [1.165, 1.54) is 19.1 Å². The van der Waals surface area contributed by atoms with Crippen LogP contribution < -0.4 is 5.11 Å². The molecule has 0 radical (unpaired) electrons. The van der Waals surface area contributed by atoms with Crippen molar-refractivity contribution in [1.82, 2.24) is 0 Å². The number of alkyl halides is 3. The first-order valence-corrected chi connectivity index (χ1v) is 3.72. The summed E-state index contributed by atoms with van der Waals surface area (Å²) in [4.78, 5) is 10.4. The fraction of sp³-hybridized carbons (Fsp3) is 0.222. The number of rotatable bonds is 1. The Balaban J connectivity index is 3.45. The molecule has 0 amide bonds. The number of halogens is 3. The number of carboxylic acid groups (broad SMARTS) is 1. The summed E-state index contributed by atoms with van der Waals surface area (Å²) in [6.45, 7) is 1.20. The van der Waals surface area contributed by atoms with Gasteiger partial charge in [-0.15, -0.1) is 0 Å². The van der Waals surface area contributed by atoms with Gasteiger partial charge in [0, 0.05) is 5.56 Å². The Morgan fingerprint density at radius 2 is 1.93 bits per heavy atom. The van der Waals surface area contributed by atoms with Crippen LogP contribution in [-0.2, 0) is 6.18 Å². The quantitative estimate of drug-likeness (QED) is 0.691. The third-order valence-corrected chi connectivity index (χ3v) is 1.78. The lowest BCUT2D eigenvalue weighted by Gasteiger charge is -2.15. The molecule has 0 aliphatic rings. The molecule has 0 saturated carbocycles. The molecule has 1 aromatic carbocycles. The number of hydrogen-bond donors (Lipinski definition) is 0. The molecule has 0 unspecified atom stereocenters. The Kier molecular flexibility index (Phi) is 2.51. The third-order valence-electron chi connectivity index (χ3n) is 1.78. The van der Waals surface area contributed by atoms with Crippen molar-refractivity contribution in [1.29, 1.82) is 0 Å². The zero-order valence-electron chi connectivity index (χ0n) is 7.18. The molecule has 0 fully saturated rings. The number of benzene rings is 1. The Hall–Kier alpha value is -1.52. The van der Waals surface area contributed by atoms with E-state index in [-0.39, 0.29) is 5.56 Å². The van der Waals surface area contributed by atoms with Crippen LogP contribution in [0.15, 0.2) is 18.2 Å². The molecule has 1 aromatic rings. The fourth-order valence-electron chi connectivity index (χ4n) is 1.21. The first-order valence-electron chi connectivity index (χ1n) is 3.72. The molecule has 0 saturated heterocycles. The first-order chi connectivity index (χ1) is 6.34. The van der Waals surface area contributed by atoms with Gasteiger partial charge in [-0.2, -0.15) is 13.2 Å². The van der Waals surface area contributed by atoms with Gasteiger partial charge in [0.05, 0.1) is 11.5 Å². The molecule has 0 spiro atoms. The van der Waals surface area contributed by atoms with Gasteiger partial charge in [-0.25, -0.2) is 0 Å². The molecule has 0 aliphatic heterocycles. The van der Waals surface area contributed by atoms with E-state index >= 15 is 0 Å². The number of carboxylic acids is 1. The van der Waals surface area contributed by atoms with Gasteiger partial charge in [0.25, 0.3) is 0 Å². The Morgan fingerprint density at radius 1 is 1.36 bits per heavy atom. The zero-order chi connectivity index (χ0) is 10.9. The van der Waals surface area contributed by atoms with Crippen LogP contribution in [0.5, 0.6) is 0 Å². The highest BCUT2D eigenvalue weighted by Crippen LogP contribution is 2.34. The smallest absolute Gasteiger partial charge is 0.417 e. The maximum atomic E-state index is 12.4. The van der Waals surface area contributed by atoms with Crippen LogP contribution in [0.3, 0.4) is 0 Å². The summed E-state index contributed by atoms with van der Waals surface area (Å²) in [6, 6.07) is 3.33. The molecule has 0 aliphatic carbocycles. The van der Waals surface area contributed by atoms with Gasteiger partial charge in [-0.1, -0.05) is 18.2 Å². The highest BCUT2D eigenvalue weighted by molar-refractivity contribution is 5.88. The molecule has 76 valence electrons. The van der Waals surface area contributed by atoms with Crippen molar-refractivity contribution in [2.75, 3.05) is 0 Å². The van der Waals surface area contributed by atoms with Crippen LogP contribution >= 0.6 is 0 Å². The lowest BCUT2D eigenvalue weighted by Crippen LogP contribution is -2.26. The Labute approximate surface area is 78.0 Å². The van der Waals surface area contributed by atoms with E-state index in [4.69, 9.17) is 0 Å². The van der Waals surface area contributed by atoms with Crippen LogP contribution in [0.4, 0.5) is 13.2 Å². The average molecular weight is 203 g/mol. The summed E-state index contributed by atoms with van der Waals surface area (Å²) in [5.74, 6) is -1.82. The number of aromatic carboxylic acids is 1. The third kappa shape index (κ3) is 1.86. The number of hydrogen-bond acceptors (Lipinski definition) is 2. The minimum Gasteiger partial charge on any atom is -0.545 e. The van der Waals surface area contributed by atoms with E-state index in [1.807, 2.05) is 0 Å². The lowest BCUT2D eigenvalue weighted by atomic mass is 10.0. The summed E-state index contributed by atoms with van der Waals surface area (Å²) in [7, 11) is 0. The number of carbonyl (C=O) groups excluding carboxylic acids is 1. The van der Waals surface area contributed by atoms with E-state index in [9.17, 15) is 23.1 Å². The Morgan fingerprint density at radius 3 is 2.29 bits per heavy atom. The summed E-state index contributed by atoms with van der Waals surface area (Å²) in [6.07, 6.45) is -4.67. The van der Waals surface area contributed by atoms with Crippen LogP contribution in [0.1, 0.15) is 21.5 Å². The van der Waals surface area contributed by atoms with E-state index < -0.39 is 23.3 Å². The second kappa shape index (κ2) is 3.32. The summed E-state index contributed by atoms with van der Waals surface area (Å²) in [5, 5.41) is 10.4. The molecule has 0 heterocycles. The summed E-state index contributed by atoms with van der Waals surface area (Å²) in [5.41, 5.74) is -2.09. The van der Waals surface area contributed by atoms with E-state index in [1.54, 1.807) is 0 Å². The number of carbonyl (C=O) groups is 1. The topological polar surface area (TPSA) is 40.1 Å². The van der Waals surface area contributed by atoms with Gasteiger partial charge in [-0.05, 0) is 12.5 Å². The lowest BCUT2D eigenvalue weighted by molar-refractivity contribution is -0.255. The molecule has 14 heavy (non-hydrogen) atoms. The molecular formula is C9H6F3O2-. The second-order valence-corrected chi connectivity index (χ2v) is 2.78. The van der Waals surface area contributed by atoms with Crippen molar-refractivity contribution >= 4 is 5.97 Å². The monoisotopic (exact) mass is 203 g/mol. The van der Waals surface area contributed by atoms with Gasteiger partial charge in [0.1, 0.15) is 0 Å². The molecule has 2 nitrogen and oxygen atoms in total. The van der Waals surface area contributed by atoms with Crippen molar-refractivity contribution in [3.05, 3.63) is 34.9 Å². The van der Waals surface area contributed by atoms with Crippen LogP contribution in [-0.4, -0.2) is 5.97 Å². The van der Waals surface area contributed by atoms with Gasteiger partial charge in [0.15, 0.2) is 0 Å². The van der Waals surface area contributed by atoms with Gasteiger partial charge >= 0.3 is 6.18 Å². The highest BCUT2D eigenvalue weighted by atomic mass is 19.4. The summed E-state index contributed by atoms with van der Waals surface area (Å²) < 4.78 is 37.1. The van der Waals surface area contributed by atoms with Crippen molar-refractivity contribution in [2.45, 2.75) is 13.1 Å². The predicted molar refractivity (Wildman–Crippen MR) is 40.5 cm³/mol. The van der Waals surface area contributed by atoms with Crippen molar-refractivity contribution < 1.29 is 23.1 Å². The molecule has 0 aromatic heterocycles. The highest BCUT2D eigenvalue weighted by Gasteiger charge is 2.35. The first kappa shape index (κ1) is 10.6. The second-order valence-electron chi connectivity index (χ2n) is 2.78. The minimum absolute atomic E-state index is 0.126. The maximum Gasteiger partial charge on any atom is 0.417 e. The SMILES string of the molecule is Cc1cccc(C(=O)[O-])c1C(F)(F)F.